The molecular weight excluding hydrogens is 296 g/mol. The molecule has 1 amide bonds. The fourth-order valence-electron chi connectivity index (χ4n) is 3.29. The lowest BCUT2D eigenvalue weighted by Crippen LogP contribution is -2.49. The van der Waals surface area contributed by atoms with Crippen LogP contribution in [0.2, 0.25) is 0 Å². The smallest absolute Gasteiger partial charge is 0.237 e. The van der Waals surface area contributed by atoms with Crippen molar-refractivity contribution in [1.82, 2.24) is 5.32 Å². The van der Waals surface area contributed by atoms with Crippen molar-refractivity contribution in [2.45, 2.75) is 64.0 Å². The van der Waals surface area contributed by atoms with E-state index in [1.54, 1.807) is 0 Å². The summed E-state index contributed by atoms with van der Waals surface area (Å²) in [5.74, 6) is 0.570. The molecule has 4 heteroatoms. The van der Waals surface area contributed by atoms with Crippen LogP contribution in [0.1, 0.15) is 51.0 Å². The number of carbonyl (C=O) groups excluding carboxylic acids is 1. The summed E-state index contributed by atoms with van der Waals surface area (Å²) in [5, 5.41) is 3.21. The minimum Gasteiger partial charge on any atom is -0.352 e. The Labute approximate surface area is 140 Å². The first-order chi connectivity index (χ1) is 10.2. The first-order valence-corrected chi connectivity index (χ1v) is 8.30. The Morgan fingerprint density at radius 3 is 2.64 bits per heavy atom. The number of nitrogens with one attached hydrogen (secondary N) is 1. The van der Waals surface area contributed by atoms with Gasteiger partial charge >= 0.3 is 0 Å². The number of halogens is 1. The highest BCUT2D eigenvalue weighted by Gasteiger charge is 2.27. The van der Waals surface area contributed by atoms with E-state index in [1.807, 2.05) is 6.07 Å². The Balaban J connectivity index is 0.00000242. The van der Waals surface area contributed by atoms with E-state index in [1.165, 1.54) is 24.8 Å². The third kappa shape index (κ3) is 5.62. The first-order valence-electron chi connectivity index (χ1n) is 8.30. The molecule has 1 aliphatic carbocycles. The quantitative estimate of drug-likeness (QED) is 0.842. The summed E-state index contributed by atoms with van der Waals surface area (Å²) in [7, 11) is 0. The SMILES string of the molecule is CCCC(N)C(=O)NC1CCCCC1Cc1ccccc1.Cl. The third-order valence-electron chi connectivity index (χ3n) is 4.51. The molecule has 2 rings (SSSR count). The van der Waals surface area contributed by atoms with Gasteiger partial charge in [0.25, 0.3) is 0 Å². The number of amides is 1. The van der Waals surface area contributed by atoms with Crippen LogP contribution in [0, 0.1) is 5.92 Å². The van der Waals surface area contributed by atoms with Crippen LogP contribution in [0.4, 0.5) is 0 Å². The molecule has 0 spiro atoms. The van der Waals surface area contributed by atoms with E-state index in [0.29, 0.717) is 5.92 Å². The predicted octanol–water partition coefficient (Wildman–Crippen LogP) is 3.45. The normalized spacial score (nSPS) is 22.5. The zero-order valence-corrected chi connectivity index (χ0v) is 14.3. The fraction of sp³-hybridized carbons (Fsp3) is 0.611. The number of carbonyl (C=O) groups is 1. The molecule has 3 nitrogen and oxygen atoms in total. The zero-order valence-electron chi connectivity index (χ0n) is 13.5. The molecule has 3 N–H and O–H groups in total. The lowest BCUT2D eigenvalue weighted by Gasteiger charge is -2.33. The van der Waals surface area contributed by atoms with Gasteiger partial charge in [0.15, 0.2) is 0 Å². The second-order valence-corrected chi connectivity index (χ2v) is 6.24. The molecule has 0 saturated heterocycles. The molecule has 1 fully saturated rings. The second kappa shape index (κ2) is 9.86. The highest BCUT2D eigenvalue weighted by atomic mass is 35.5. The van der Waals surface area contributed by atoms with Gasteiger partial charge in [-0.1, -0.05) is 56.5 Å². The molecule has 0 radical (unpaired) electrons. The van der Waals surface area contributed by atoms with Crippen molar-refractivity contribution in [2.24, 2.45) is 11.7 Å². The number of hydrogen-bond donors (Lipinski definition) is 2. The minimum atomic E-state index is -0.352. The fourth-order valence-corrected chi connectivity index (χ4v) is 3.29. The Bertz CT molecular complexity index is 438. The summed E-state index contributed by atoms with van der Waals surface area (Å²) >= 11 is 0. The van der Waals surface area contributed by atoms with Gasteiger partial charge in [-0.2, -0.15) is 0 Å². The molecule has 124 valence electrons. The Kier molecular flexibility index (Phi) is 8.51. The number of benzene rings is 1. The maximum absolute atomic E-state index is 12.2. The van der Waals surface area contributed by atoms with Crippen molar-refractivity contribution in [3.63, 3.8) is 0 Å². The third-order valence-corrected chi connectivity index (χ3v) is 4.51. The van der Waals surface area contributed by atoms with E-state index in [2.05, 4.69) is 36.5 Å². The van der Waals surface area contributed by atoms with Gasteiger partial charge < -0.3 is 11.1 Å². The van der Waals surface area contributed by atoms with Crippen LogP contribution in [0.3, 0.4) is 0 Å². The van der Waals surface area contributed by atoms with Gasteiger partial charge in [0.05, 0.1) is 6.04 Å². The van der Waals surface area contributed by atoms with Gasteiger partial charge in [-0.3, -0.25) is 4.79 Å². The number of nitrogens with two attached hydrogens (primary N) is 1. The van der Waals surface area contributed by atoms with E-state index in [4.69, 9.17) is 5.73 Å². The number of rotatable bonds is 6. The Morgan fingerprint density at radius 1 is 1.27 bits per heavy atom. The Hall–Kier alpha value is -1.06. The zero-order chi connectivity index (χ0) is 15.1. The molecule has 3 atom stereocenters. The highest BCUT2D eigenvalue weighted by Crippen LogP contribution is 2.27. The minimum absolute atomic E-state index is 0. The standard InChI is InChI=1S/C18H28N2O.ClH/c1-2-8-16(19)18(21)20-17-12-7-6-11-15(17)13-14-9-4-3-5-10-14;/h3-5,9-10,15-17H,2,6-8,11-13,19H2,1H3,(H,20,21);1H. The van der Waals surface area contributed by atoms with Gasteiger partial charge in [-0.25, -0.2) is 0 Å². The van der Waals surface area contributed by atoms with Gasteiger partial charge in [-0.15, -0.1) is 12.4 Å². The maximum Gasteiger partial charge on any atom is 0.237 e. The second-order valence-electron chi connectivity index (χ2n) is 6.24. The molecule has 1 aliphatic rings. The van der Waals surface area contributed by atoms with Gasteiger partial charge in [0.1, 0.15) is 0 Å². The monoisotopic (exact) mass is 324 g/mol. The van der Waals surface area contributed by atoms with Gasteiger partial charge in [0, 0.05) is 6.04 Å². The van der Waals surface area contributed by atoms with E-state index < -0.39 is 0 Å². The lowest BCUT2D eigenvalue weighted by molar-refractivity contribution is -0.123. The largest absolute Gasteiger partial charge is 0.352 e. The van der Waals surface area contributed by atoms with Crippen LogP contribution >= 0.6 is 12.4 Å². The van der Waals surface area contributed by atoms with Crippen molar-refractivity contribution in [1.29, 1.82) is 0 Å². The van der Waals surface area contributed by atoms with Crippen LogP contribution in [-0.4, -0.2) is 18.0 Å². The summed E-state index contributed by atoms with van der Waals surface area (Å²) in [4.78, 5) is 12.2. The topological polar surface area (TPSA) is 55.1 Å². The molecule has 1 aromatic carbocycles. The van der Waals surface area contributed by atoms with Crippen LogP contribution in [0.5, 0.6) is 0 Å². The average molecular weight is 325 g/mol. The van der Waals surface area contributed by atoms with Crippen LogP contribution in [0.25, 0.3) is 0 Å². The van der Waals surface area contributed by atoms with Crippen molar-refractivity contribution < 1.29 is 4.79 Å². The summed E-state index contributed by atoms with van der Waals surface area (Å²) < 4.78 is 0. The van der Waals surface area contributed by atoms with E-state index in [0.717, 1.165) is 25.7 Å². The Morgan fingerprint density at radius 2 is 1.95 bits per heavy atom. The highest BCUT2D eigenvalue weighted by molar-refractivity contribution is 5.85. The van der Waals surface area contributed by atoms with E-state index >= 15 is 0 Å². The lowest BCUT2D eigenvalue weighted by atomic mass is 9.80. The summed E-state index contributed by atoms with van der Waals surface area (Å²) in [6, 6.07) is 10.5. The summed E-state index contributed by atoms with van der Waals surface area (Å²) in [6.07, 6.45) is 7.53. The van der Waals surface area contributed by atoms with Crippen molar-refractivity contribution in [2.75, 3.05) is 0 Å². The van der Waals surface area contributed by atoms with Crippen molar-refractivity contribution in [3.05, 3.63) is 35.9 Å². The first kappa shape index (κ1) is 19.0. The van der Waals surface area contributed by atoms with Crippen LogP contribution in [-0.2, 0) is 11.2 Å². The van der Waals surface area contributed by atoms with Crippen molar-refractivity contribution >= 4 is 18.3 Å². The molecule has 0 aliphatic heterocycles. The van der Waals surface area contributed by atoms with Crippen LogP contribution < -0.4 is 11.1 Å². The van der Waals surface area contributed by atoms with Gasteiger partial charge in [0.2, 0.25) is 5.91 Å². The summed E-state index contributed by atoms with van der Waals surface area (Å²) in [5.41, 5.74) is 7.29. The predicted molar refractivity (Wildman–Crippen MR) is 94.2 cm³/mol. The average Bonchev–Trinajstić information content (AvgIpc) is 2.50. The molecule has 1 saturated carbocycles. The van der Waals surface area contributed by atoms with E-state index in [-0.39, 0.29) is 30.4 Å². The molecule has 0 aromatic heterocycles. The molecular formula is C18H29ClN2O. The van der Waals surface area contributed by atoms with Gasteiger partial charge in [-0.05, 0) is 37.2 Å². The molecule has 1 aromatic rings. The molecule has 22 heavy (non-hydrogen) atoms. The van der Waals surface area contributed by atoms with E-state index in [9.17, 15) is 4.79 Å². The number of hydrogen-bond acceptors (Lipinski definition) is 2. The van der Waals surface area contributed by atoms with Crippen molar-refractivity contribution in [3.8, 4) is 0 Å². The maximum atomic E-state index is 12.2. The molecule has 3 unspecified atom stereocenters. The van der Waals surface area contributed by atoms with Crippen LogP contribution in [0.15, 0.2) is 30.3 Å². The molecule has 0 bridgehead atoms. The molecule has 0 heterocycles. The summed E-state index contributed by atoms with van der Waals surface area (Å²) in [6.45, 7) is 2.06.